The standard InChI is InChI=1S/C14H23N3O/c1-17-8-4-12(5-9-17)13-3-6-15-14(11-13)16-7-10-18-2/h3,6,11-12H,4-5,7-10H2,1-2H3,(H,15,16). The Morgan fingerprint density at radius 2 is 2.22 bits per heavy atom. The van der Waals surface area contributed by atoms with Crippen LogP contribution in [0.1, 0.15) is 24.3 Å². The topological polar surface area (TPSA) is 37.4 Å². The van der Waals surface area contributed by atoms with Crippen molar-refractivity contribution in [3.63, 3.8) is 0 Å². The van der Waals surface area contributed by atoms with Crippen molar-refractivity contribution in [2.24, 2.45) is 0 Å². The van der Waals surface area contributed by atoms with Crippen LogP contribution in [0.3, 0.4) is 0 Å². The minimum Gasteiger partial charge on any atom is -0.383 e. The molecule has 1 aromatic heterocycles. The van der Waals surface area contributed by atoms with E-state index in [-0.39, 0.29) is 0 Å². The number of aromatic nitrogens is 1. The highest BCUT2D eigenvalue weighted by Crippen LogP contribution is 2.28. The van der Waals surface area contributed by atoms with Crippen molar-refractivity contribution >= 4 is 5.82 Å². The minimum absolute atomic E-state index is 0.687. The lowest BCUT2D eigenvalue weighted by Gasteiger charge is -2.29. The van der Waals surface area contributed by atoms with Crippen LogP contribution in [0.5, 0.6) is 0 Å². The molecule has 2 heterocycles. The Labute approximate surface area is 109 Å². The molecular formula is C14H23N3O. The van der Waals surface area contributed by atoms with Crippen LogP contribution >= 0.6 is 0 Å². The highest BCUT2D eigenvalue weighted by atomic mass is 16.5. The van der Waals surface area contributed by atoms with Crippen molar-refractivity contribution in [3.05, 3.63) is 23.9 Å². The average molecular weight is 249 g/mol. The van der Waals surface area contributed by atoms with Gasteiger partial charge in [0.2, 0.25) is 0 Å². The predicted molar refractivity (Wildman–Crippen MR) is 74.1 cm³/mol. The number of nitrogens with zero attached hydrogens (tertiary/aromatic N) is 2. The van der Waals surface area contributed by atoms with Gasteiger partial charge in [-0.05, 0) is 56.6 Å². The van der Waals surface area contributed by atoms with Gasteiger partial charge >= 0.3 is 0 Å². The largest absolute Gasteiger partial charge is 0.383 e. The number of pyridine rings is 1. The quantitative estimate of drug-likeness (QED) is 0.809. The first-order valence-electron chi connectivity index (χ1n) is 6.67. The summed E-state index contributed by atoms with van der Waals surface area (Å²) < 4.78 is 5.03. The Balaban J connectivity index is 1.94. The van der Waals surface area contributed by atoms with Crippen LogP contribution in [0.15, 0.2) is 18.3 Å². The van der Waals surface area contributed by atoms with Crippen LogP contribution in [0, 0.1) is 0 Å². The molecule has 0 radical (unpaired) electrons. The lowest BCUT2D eigenvalue weighted by molar-refractivity contribution is 0.210. The van der Waals surface area contributed by atoms with E-state index in [9.17, 15) is 0 Å². The molecule has 100 valence electrons. The number of hydrogen-bond donors (Lipinski definition) is 1. The molecule has 0 atom stereocenters. The molecular weight excluding hydrogens is 226 g/mol. The van der Waals surface area contributed by atoms with Gasteiger partial charge in [-0.1, -0.05) is 0 Å². The number of rotatable bonds is 5. The summed E-state index contributed by atoms with van der Waals surface area (Å²) in [6.07, 6.45) is 4.40. The zero-order chi connectivity index (χ0) is 12.8. The molecule has 18 heavy (non-hydrogen) atoms. The van der Waals surface area contributed by atoms with Gasteiger partial charge in [0, 0.05) is 19.9 Å². The van der Waals surface area contributed by atoms with Gasteiger partial charge in [0.05, 0.1) is 6.61 Å². The van der Waals surface area contributed by atoms with Crippen molar-refractivity contribution < 1.29 is 4.74 Å². The maximum atomic E-state index is 5.03. The summed E-state index contributed by atoms with van der Waals surface area (Å²) >= 11 is 0. The molecule has 1 aromatic rings. The first-order valence-corrected chi connectivity index (χ1v) is 6.67. The van der Waals surface area contributed by atoms with Gasteiger partial charge in [0.15, 0.2) is 0 Å². The Morgan fingerprint density at radius 1 is 1.44 bits per heavy atom. The summed E-state index contributed by atoms with van der Waals surface area (Å²) in [5.41, 5.74) is 1.41. The van der Waals surface area contributed by atoms with Gasteiger partial charge < -0.3 is 15.0 Å². The van der Waals surface area contributed by atoms with Gasteiger partial charge in [-0.2, -0.15) is 0 Å². The van der Waals surface area contributed by atoms with Crippen LogP contribution < -0.4 is 5.32 Å². The number of methoxy groups -OCH3 is 1. The number of nitrogens with one attached hydrogen (secondary N) is 1. The zero-order valence-corrected chi connectivity index (χ0v) is 11.4. The monoisotopic (exact) mass is 249 g/mol. The van der Waals surface area contributed by atoms with Crippen LogP contribution in [0.2, 0.25) is 0 Å². The maximum Gasteiger partial charge on any atom is 0.126 e. The van der Waals surface area contributed by atoms with Crippen molar-refractivity contribution in [1.29, 1.82) is 0 Å². The molecule has 0 bridgehead atoms. The molecule has 0 aromatic carbocycles. The SMILES string of the molecule is COCCNc1cc(C2CCN(C)CC2)ccn1. The molecule has 0 amide bonds. The van der Waals surface area contributed by atoms with E-state index >= 15 is 0 Å². The third-order valence-electron chi connectivity index (χ3n) is 3.59. The van der Waals surface area contributed by atoms with E-state index in [0.717, 1.165) is 12.4 Å². The van der Waals surface area contributed by atoms with Gasteiger partial charge in [-0.25, -0.2) is 4.98 Å². The summed E-state index contributed by atoms with van der Waals surface area (Å²) in [4.78, 5) is 6.74. The van der Waals surface area contributed by atoms with Crippen LogP contribution in [0.4, 0.5) is 5.82 Å². The third kappa shape index (κ3) is 3.68. The molecule has 2 rings (SSSR count). The summed E-state index contributed by atoms with van der Waals surface area (Å²) in [6, 6.07) is 4.34. The van der Waals surface area contributed by atoms with Crippen LogP contribution in [-0.2, 0) is 4.74 Å². The van der Waals surface area contributed by atoms with Gasteiger partial charge in [-0.3, -0.25) is 0 Å². The second-order valence-electron chi connectivity index (χ2n) is 4.97. The molecule has 4 nitrogen and oxygen atoms in total. The van der Waals surface area contributed by atoms with E-state index in [0.29, 0.717) is 12.5 Å². The normalized spacial score (nSPS) is 17.9. The van der Waals surface area contributed by atoms with E-state index in [2.05, 4.69) is 34.4 Å². The first kappa shape index (κ1) is 13.3. The molecule has 0 unspecified atom stereocenters. The molecule has 0 aliphatic carbocycles. The van der Waals surface area contributed by atoms with Gasteiger partial charge in [0.25, 0.3) is 0 Å². The number of likely N-dealkylation sites (tertiary alicyclic amines) is 1. The summed E-state index contributed by atoms with van der Waals surface area (Å²) in [5, 5.41) is 3.29. The number of piperidine rings is 1. The zero-order valence-electron chi connectivity index (χ0n) is 11.4. The highest BCUT2D eigenvalue weighted by molar-refractivity contribution is 5.38. The van der Waals surface area contributed by atoms with Crippen molar-refractivity contribution in [2.45, 2.75) is 18.8 Å². The Morgan fingerprint density at radius 3 is 2.94 bits per heavy atom. The molecule has 0 saturated carbocycles. The maximum absolute atomic E-state index is 5.03. The molecule has 0 spiro atoms. The predicted octanol–water partition coefficient (Wildman–Crippen LogP) is 1.95. The van der Waals surface area contributed by atoms with E-state index in [1.807, 2.05) is 6.20 Å². The van der Waals surface area contributed by atoms with Crippen LogP contribution in [-0.4, -0.2) is 50.3 Å². The van der Waals surface area contributed by atoms with Gasteiger partial charge in [-0.15, -0.1) is 0 Å². The molecule has 4 heteroatoms. The van der Waals surface area contributed by atoms with Crippen molar-refractivity contribution in [1.82, 2.24) is 9.88 Å². The van der Waals surface area contributed by atoms with Crippen LogP contribution in [0.25, 0.3) is 0 Å². The number of hydrogen-bond acceptors (Lipinski definition) is 4. The fourth-order valence-corrected chi connectivity index (χ4v) is 2.42. The lowest BCUT2D eigenvalue weighted by Crippen LogP contribution is -2.29. The summed E-state index contributed by atoms with van der Waals surface area (Å²) in [5.74, 6) is 1.65. The summed E-state index contributed by atoms with van der Waals surface area (Å²) in [7, 11) is 3.91. The molecule has 1 fully saturated rings. The minimum atomic E-state index is 0.687. The van der Waals surface area contributed by atoms with Crippen molar-refractivity contribution in [2.75, 3.05) is 45.7 Å². The fraction of sp³-hybridized carbons (Fsp3) is 0.643. The second kappa shape index (κ2) is 6.71. The lowest BCUT2D eigenvalue weighted by atomic mass is 9.90. The average Bonchev–Trinajstić information content (AvgIpc) is 2.40. The van der Waals surface area contributed by atoms with Gasteiger partial charge in [0.1, 0.15) is 5.82 Å². The summed E-state index contributed by atoms with van der Waals surface area (Å²) in [6.45, 7) is 3.90. The highest BCUT2D eigenvalue weighted by Gasteiger charge is 2.18. The molecule has 1 N–H and O–H groups in total. The Hall–Kier alpha value is -1.13. The fourth-order valence-electron chi connectivity index (χ4n) is 2.42. The smallest absolute Gasteiger partial charge is 0.126 e. The second-order valence-corrected chi connectivity index (χ2v) is 4.97. The Bertz CT molecular complexity index is 362. The molecule has 1 aliphatic rings. The van der Waals surface area contributed by atoms with E-state index < -0.39 is 0 Å². The van der Waals surface area contributed by atoms with E-state index in [1.54, 1.807) is 7.11 Å². The third-order valence-corrected chi connectivity index (χ3v) is 3.59. The number of anilines is 1. The Kier molecular flexibility index (Phi) is 4.96. The van der Waals surface area contributed by atoms with Crippen molar-refractivity contribution in [3.8, 4) is 0 Å². The first-order chi connectivity index (χ1) is 8.79. The molecule has 1 aliphatic heterocycles. The van der Waals surface area contributed by atoms with E-state index in [4.69, 9.17) is 4.74 Å². The number of ether oxygens (including phenoxy) is 1. The molecule has 1 saturated heterocycles. The van der Waals surface area contributed by atoms with E-state index in [1.165, 1.54) is 31.5 Å².